The summed E-state index contributed by atoms with van der Waals surface area (Å²) in [5, 5.41) is 0. The molecule has 0 radical (unpaired) electrons. The lowest BCUT2D eigenvalue weighted by atomic mass is 10.3. The van der Waals surface area contributed by atoms with Gasteiger partial charge in [-0.05, 0) is 31.2 Å². The molecule has 0 atom stereocenters. The van der Waals surface area contributed by atoms with Crippen LogP contribution in [0.25, 0.3) is 0 Å². The zero-order valence-electron chi connectivity index (χ0n) is 7.32. The summed E-state index contributed by atoms with van der Waals surface area (Å²) in [5.74, 6) is 0.0668. The van der Waals surface area contributed by atoms with Crippen molar-refractivity contribution in [3.63, 3.8) is 0 Å². The molecule has 5 heteroatoms. The van der Waals surface area contributed by atoms with E-state index in [0.29, 0.717) is 11.4 Å². The van der Waals surface area contributed by atoms with Crippen LogP contribution in [0.5, 0.6) is 0 Å². The molecule has 0 unspecified atom stereocenters. The molecule has 0 heterocycles. The normalized spacial score (nSPS) is 11.2. The maximum Gasteiger partial charge on any atom is 0.232 e. The molecule has 0 aliphatic carbocycles. The molecule has 0 spiro atoms. The van der Waals surface area contributed by atoms with Crippen molar-refractivity contribution < 1.29 is 8.42 Å². The summed E-state index contributed by atoms with van der Waals surface area (Å²) in [6, 6.07) is 6.55. The second-order valence-corrected chi connectivity index (χ2v) is 4.64. The van der Waals surface area contributed by atoms with Crippen LogP contribution >= 0.6 is 0 Å². The molecule has 0 saturated carbocycles. The topological polar surface area (TPSA) is 72.2 Å². The van der Waals surface area contributed by atoms with E-state index < -0.39 is 10.0 Å². The molecular weight excluding hydrogens is 188 g/mol. The lowest BCUT2D eigenvalue weighted by molar-refractivity contribution is 0.602. The van der Waals surface area contributed by atoms with E-state index in [-0.39, 0.29) is 5.75 Å². The van der Waals surface area contributed by atoms with Crippen LogP contribution in [0.2, 0.25) is 0 Å². The van der Waals surface area contributed by atoms with Gasteiger partial charge in [-0.1, -0.05) is 0 Å². The van der Waals surface area contributed by atoms with Gasteiger partial charge in [0.05, 0.1) is 5.75 Å². The maximum atomic E-state index is 11.1. The van der Waals surface area contributed by atoms with Gasteiger partial charge in [0.1, 0.15) is 0 Å². The van der Waals surface area contributed by atoms with Crippen molar-refractivity contribution in [2.75, 3.05) is 16.2 Å². The van der Waals surface area contributed by atoms with Gasteiger partial charge < -0.3 is 5.73 Å². The molecule has 0 bridgehead atoms. The average molecular weight is 200 g/mol. The summed E-state index contributed by atoms with van der Waals surface area (Å²) >= 11 is 0. The Morgan fingerprint density at radius 3 is 2.31 bits per heavy atom. The Kier molecular flexibility index (Phi) is 2.77. The lowest BCUT2D eigenvalue weighted by Gasteiger charge is -2.05. The van der Waals surface area contributed by atoms with E-state index in [0.717, 1.165) is 0 Å². The van der Waals surface area contributed by atoms with Crippen molar-refractivity contribution in [2.45, 2.75) is 6.92 Å². The van der Waals surface area contributed by atoms with E-state index >= 15 is 0 Å². The predicted molar refractivity (Wildman–Crippen MR) is 53.9 cm³/mol. The van der Waals surface area contributed by atoms with Gasteiger partial charge in [-0.2, -0.15) is 0 Å². The summed E-state index contributed by atoms with van der Waals surface area (Å²) in [4.78, 5) is 0. The van der Waals surface area contributed by atoms with Gasteiger partial charge in [0.2, 0.25) is 10.0 Å². The minimum Gasteiger partial charge on any atom is -0.399 e. The van der Waals surface area contributed by atoms with E-state index in [1.807, 2.05) is 0 Å². The number of nitrogens with two attached hydrogens (primary N) is 1. The highest BCUT2D eigenvalue weighted by Crippen LogP contribution is 2.11. The summed E-state index contributed by atoms with van der Waals surface area (Å²) in [6.45, 7) is 1.58. The molecule has 4 nitrogen and oxygen atoms in total. The number of nitrogen functional groups attached to an aromatic ring is 1. The third-order valence-electron chi connectivity index (χ3n) is 1.56. The van der Waals surface area contributed by atoms with Crippen molar-refractivity contribution in [1.29, 1.82) is 0 Å². The van der Waals surface area contributed by atoms with Gasteiger partial charge in [0.25, 0.3) is 0 Å². The van der Waals surface area contributed by atoms with Crippen LogP contribution in [0.3, 0.4) is 0 Å². The summed E-state index contributed by atoms with van der Waals surface area (Å²) in [7, 11) is -3.18. The number of nitrogens with one attached hydrogen (secondary N) is 1. The highest BCUT2D eigenvalue weighted by atomic mass is 32.2. The number of sulfonamides is 1. The number of hydrogen-bond acceptors (Lipinski definition) is 3. The number of rotatable bonds is 3. The van der Waals surface area contributed by atoms with Crippen molar-refractivity contribution in [2.24, 2.45) is 0 Å². The quantitative estimate of drug-likeness (QED) is 0.716. The lowest BCUT2D eigenvalue weighted by Crippen LogP contribution is -2.14. The van der Waals surface area contributed by atoms with E-state index in [1.54, 1.807) is 31.2 Å². The highest BCUT2D eigenvalue weighted by molar-refractivity contribution is 7.92. The van der Waals surface area contributed by atoms with E-state index in [1.165, 1.54) is 0 Å². The molecule has 1 rings (SSSR count). The molecule has 0 amide bonds. The second-order valence-electron chi connectivity index (χ2n) is 2.63. The zero-order chi connectivity index (χ0) is 9.90. The summed E-state index contributed by atoms with van der Waals surface area (Å²) < 4.78 is 24.6. The zero-order valence-corrected chi connectivity index (χ0v) is 8.14. The van der Waals surface area contributed by atoms with Gasteiger partial charge in [-0.15, -0.1) is 0 Å². The monoisotopic (exact) mass is 200 g/mol. The van der Waals surface area contributed by atoms with Crippen molar-refractivity contribution in [3.05, 3.63) is 24.3 Å². The van der Waals surface area contributed by atoms with Crippen LogP contribution in [-0.2, 0) is 10.0 Å². The molecule has 0 aliphatic heterocycles. The molecule has 72 valence electrons. The standard InChI is InChI=1S/C8H12N2O2S/c1-2-13(11,12)10-8-5-3-7(9)4-6-8/h3-6,10H,2,9H2,1H3. The smallest absolute Gasteiger partial charge is 0.232 e. The van der Waals surface area contributed by atoms with Crippen LogP contribution in [0.1, 0.15) is 6.92 Å². The molecule has 0 aliphatic rings. The van der Waals surface area contributed by atoms with Gasteiger partial charge in [-0.3, -0.25) is 4.72 Å². The Morgan fingerprint density at radius 2 is 1.85 bits per heavy atom. The first-order valence-electron chi connectivity index (χ1n) is 3.89. The fraction of sp³-hybridized carbons (Fsp3) is 0.250. The van der Waals surface area contributed by atoms with Gasteiger partial charge in [0.15, 0.2) is 0 Å². The van der Waals surface area contributed by atoms with Gasteiger partial charge in [0, 0.05) is 11.4 Å². The first kappa shape index (κ1) is 9.85. The fourth-order valence-corrected chi connectivity index (χ4v) is 1.44. The maximum absolute atomic E-state index is 11.1. The molecule has 3 N–H and O–H groups in total. The Bertz CT molecular complexity index is 370. The molecule has 13 heavy (non-hydrogen) atoms. The number of benzene rings is 1. The molecule has 0 aromatic heterocycles. The third kappa shape index (κ3) is 2.95. The molecule has 0 fully saturated rings. The minimum atomic E-state index is -3.18. The Balaban J connectivity index is 2.82. The van der Waals surface area contributed by atoms with Crippen LogP contribution in [0, 0.1) is 0 Å². The van der Waals surface area contributed by atoms with Gasteiger partial charge >= 0.3 is 0 Å². The van der Waals surface area contributed by atoms with E-state index in [2.05, 4.69) is 4.72 Å². The van der Waals surface area contributed by atoms with E-state index in [9.17, 15) is 8.42 Å². The van der Waals surface area contributed by atoms with Crippen molar-refractivity contribution in [3.8, 4) is 0 Å². The Morgan fingerprint density at radius 1 is 1.31 bits per heavy atom. The predicted octanol–water partition coefficient (Wildman–Crippen LogP) is 1.03. The molecule has 1 aromatic rings. The molecular formula is C8H12N2O2S. The number of hydrogen-bond donors (Lipinski definition) is 2. The van der Waals surface area contributed by atoms with Crippen LogP contribution < -0.4 is 10.5 Å². The van der Waals surface area contributed by atoms with Crippen molar-refractivity contribution in [1.82, 2.24) is 0 Å². The molecule has 1 aromatic carbocycles. The first-order chi connectivity index (χ1) is 6.03. The largest absolute Gasteiger partial charge is 0.399 e. The van der Waals surface area contributed by atoms with Crippen LogP contribution in [0.4, 0.5) is 11.4 Å². The van der Waals surface area contributed by atoms with Gasteiger partial charge in [-0.25, -0.2) is 8.42 Å². The Labute approximate surface area is 77.8 Å². The highest BCUT2D eigenvalue weighted by Gasteiger charge is 2.05. The van der Waals surface area contributed by atoms with Crippen LogP contribution in [-0.4, -0.2) is 14.2 Å². The summed E-state index contributed by atoms with van der Waals surface area (Å²) in [6.07, 6.45) is 0. The first-order valence-corrected chi connectivity index (χ1v) is 5.55. The Hall–Kier alpha value is -1.23. The minimum absolute atomic E-state index is 0.0668. The second kappa shape index (κ2) is 3.66. The van der Waals surface area contributed by atoms with E-state index in [4.69, 9.17) is 5.73 Å². The van der Waals surface area contributed by atoms with Crippen molar-refractivity contribution >= 4 is 21.4 Å². The fourth-order valence-electron chi connectivity index (χ4n) is 0.803. The molecule has 0 saturated heterocycles. The average Bonchev–Trinajstić information content (AvgIpc) is 2.09. The number of anilines is 2. The summed E-state index contributed by atoms with van der Waals surface area (Å²) in [5.41, 5.74) is 6.59. The SMILES string of the molecule is CCS(=O)(=O)Nc1ccc(N)cc1. The van der Waals surface area contributed by atoms with Crippen LogP contribution in [0.15, 0.2) is 24.3 Å². The third-order valence-corrected chi connectivity index (χ3v) is 2.87.